The van der Waals surface area contributed by atoms with Crippen LogP contribution in [0.5, 0.6) is 0 Å². The lowest BCUT2D eigenvalue weighted by Crippen LogP contribution is -2.31. The number of rotatable bonds is 3. The highest BCUT2D eigenvalue weighted by atomic mass is 16.5. The van der Waals surface area contributed by atoms with Crippen molar-refractivity contribution in [2.75, 3.05) is 20.3 Å². The summed E-state index contributed by atoms with van der Waals surface area (Å²) >= 11 is 0. The molecule has 0 aromatic carbocycles. The third kappa shape index (κ3) is 1.93. The zero-order valence-electron chi connectivity index (χ0n) is 8.36. The van der Waals surface area contributed by atoms with Crippen LogP contribution in [-0.2, 0) is 4.74 Å². The predicted molar refractivity (Wildman–Crippen MR) is 51.7 cm³/mol. The Morgan fingerprint density at radius 3 is 3.21 bits per heavy atom. The van der Waals surface area contributed by atoms with Crippen LogP contribution in [0.25, 0.3) is 0 Å². The van der Waals surface area contributed by atoms with Crippen molar-refractivity contribution in [3.63, 3.8) is 0 Å². The topological polar surface area (TPSA) is 62.8 Å². The Balaban J connectivity index is 2.04. The van der Waals surface area contributed by atoms with Crippen molar-refractivity contribution < 1.29 is 4.74 Å². The molecule has 1 saturated heterocycles. The molecule has 2 N–H and O–H groups in total. The fourth-order valence-electron chi connectivity index (χ4n) is 2.01. The van der Waals surface area contributed by atoms with E-state index in [2.05, 4.69) is 20.7 Å². The fraction of sp³-hybridized carbons (Fsp3) is 0.778. The molecule has 5 nitrogen and oxygen atoms in total. The van der Waals surface area contributed by atoms with E-state index in [4.69, 9.17) is 4.74 Å². The minimum absolute atomic E-state index is 0.258. The molecule has 1 fully saturated rings. The molecule has 78 valence electrons. The number of hydrogen-bond acceptors (Lipinski definition) is 4. The van der Waals surface area contributed by atoms with E-state index in [0.717, 1.165) is 25.3 Å². The molecule has 1 aliphatic heterocycles. The number of aromatic amines is 1. The quantitative estimate of drug-likeness (QED) is 0.738. The van der Waals surface area contributed by atoms with E-state index in [1.54, 1.807) is 6.20 Å². The molecule has 1 aromatic rings. The summed E-state index contributed by atoms with van der Waals surface area (Å²) in [5.74, 6) is 0.513. The lowest BCUT2D eigenvalue weighted by molar-refractivity contribution is 0.0395. The molecule has 1 aromatic heterocycles. The average molecular weight is 196 g/mol. The zero-order valence-corrected chi connectivity index (χ0v) is 8.36. The second-order valence-corrected chi connectivity index (χ2v) is 3.64. The van der Waals surface area contributed by atoms with Gasteiger partial charge in [0.2, 0.25) is 0 Å². The molecule has 2 rings (SSSR count). The van der Waals surface area contributed by atoms with Crippen LogP contribution in [0.2, 0.25) is 0 Å². The van der Waals surface area contributed by atoms with Crippen LogP contribution >= 0.6 is 0 Å². The Morgan fingerprint density at radius 1 is 1.71 bits per heavy atom. The van der Waals surface area contributed by atoms with Gasteiger partial charge in [-0.3, -0.25) is 0 Å². The van der Waals surface area contributed by atoms with Crippen LogP contribution in [0.1, 0.15) is 24.6 Å². The van der Waals surface area contributed by atoms with E-state index < -0.39 is 0 Å². The van der Waals surface area contributed by atoms with Crippen LogP contribution in [-0.4, -0.2) is 35.7 Å². The average Bonchev–Trinajstić information content (AvgIpc) is 2.74. The highest BCUT2D eigenvalue weighted by Gasteiger charge is 2.25. The molecule has 0 amide bonds. The number of nitrogens with one attached hydrogen (secondary N) is 2. The molecule has 0 radical (unpaired) electrons. The molecule has 14 heavy (non-hydrogen) atoms. The van der Waals surface area contributed by atoms with Gasteiger partial charge in [0.25, 0.3) is 0 Å². The molecule has 0 aliphatic carbocycles. The van der Waals surface area contributed by atoms with Gasteiger partial charge in [0, 0.05) is 12.5 Å². The van der Waals surface area contributed by atoms with Crippen LogP contribution < -0.4 is 5.32 Å². The minimum atomic E-state index is 0.258. The zero-order chi connectivity index (χ0) is 9.80. The van der Waals surface area contributed by atoms with Gasteiger partial charge in [-0.15, -0.1) is 0 Å². The summed E-state index contributed by atoms with van der Waals surface area (Å²) in [5.41, 5.74) is 0.975. The molecule has 2 heterocycles. The largest absolute Gasteiger partial charge is 0.381 e. The van der Waals surface area contributed by atoms with E-state index in [0.29, 0.717) is 5.92 Å². The van der Waals surface area contributed by atoms with Gasteiger partial charge in [0.05, 0.1) is 24.5 Å². The Labute approximate surface area is 83.2 Å². The van der Waals surface area contributed by atoms with Crippen molar-refractivity contribution >= 4 is 0 Å². The second kappa shape index (κ2) is 4.52. The molecule has 0 spiro atoms. The van der Waals surface area contributed by atoms with Crippen molar-refractivity contribution in [2.45, 2.75) is 18.9 Å². The molecular weight excluding hydrogens is 180 g/mol. The summed E-state index contributed by atoms with van der Waals surface area (Å²) in [6.45, 7) is 1.71. The number of nitrogens with zero attached hydrogens (tertiary/aromatic N) is 2. The SMILES string of the molecule is CNC(c1cn[nH]n1)C1CCCOC1. The third-order valence-corrected chi connectivity index (χ3v) is 2.73. The lowest BCUT2D eigenvalue weighted by atomic mass is 9.92. The molecule has 0 saturated carbocycles. The highest BCUT2D eigenvalue weighted by molar-refractivity contribution is 5.02. The normalized spacial score (nSPS) is 24.8. The van der Waals surface area contributed by atoms with Gasteiger partial charge in [-0.2, -0.15) is 15.4 Å². The van der Waals surface area contributed by atoms with Crippen molar-refractivity contribution in [2.24, 2.45) is 5.92 Å². The van der Waals surface area contributed by atoms with E-state index >= 15 is 0 Å². The smallest absolute Gasteiger partial charge is 0.0997 e. The second-order valence-electron chi connectivity index (χ2n) is 3.64. The summed E-state index contributed by atoms with van der Waals surface area (Å²) in [4.78, 5) is 0. The Kier molecular flexibility index (Phi) is 3.10. The van der Waals surface area contributed by atoms with Crippen molar-refractivity contribution in [3.05, 3.63) is 11.9 Å². The Hall–Kier alpha value is -0.940. The Bertz CT molecular complexity index is 256. The van der Waals surface area contributed by atoms with Crippen molar-refractivity contribution in [1.29, 1.82) is 0 Å². The van der Waals surface area contributed by atoms with Gasteiger partial charge in [0.15, 0.2) is 0 Å². The predicted octanol–water partition coefficient (Wildman–Crippen LogP) is 0.492. The number of hydrogen-bond donors (Lipinski definition) is 2. The summed E-state index contributed by atoms with van der Waals surface area (Å²) in [6, 6.07) is 0.258. The maximum atomic E-state index is 5.46. The van der Waals surface area contributed by atoms with Crippen LogP contribution in [0.3, 0.4) is 0 Å². The van der Waals surface area contributed by atoms with Crippen LogP contribution in [0.4, 0.5) is 0 Å². The minimum Gasteiger partial charge on any atom is -0.381 e. The van der Waals surface area contributed by atoms with Crippen molar-refractivity contribution in [3.8, 4) is 0 Å². The first kappa shape index (κ1) is 9.61. The first-order valence-electron chi connectivity index (χ1n) is 5.02. The summed E-state index contributed by atoms with van der Waals surface area (Å²) < 4.78 is 5.46. The Morgan fingerprint density at radius 2 is 2.64 bits per heavy atom. The summed E-state index contributed by atoms with van der Waals surface area (Å²) in [7, 11) is 1.95. The highest BCUT2D eigenvalue weighted by Crippen LogP contribution is 2.26. The number of H-pyrrole nitrogens is 1. The standard InChI is InChI=1S/C9H16N4O/c1-10-9(8-5-11-13-12-8)7-3-2-4-14-6-7/h5,7,9-10H,2-4,6H2,1H3,(H,11,12,13). The van der Waals surface area contributed by atoms with Gasteiger partial charge in [-0.1, -0.05) is 0 Å². The van der Waals surface area contributed by atoms with Crippen LogP contribution in [0, 0.1) is 5.92 Å². The van der Waals surface area contributed by atoms with Gasteiger partial charge < -0.3 is 10.1 Å². The van der Waals surface area contributed by atoms with E-state index in [1.807, 2.05) is 7.05 Å². The number of ether oxygens (including phenoxy) is 1. The van der Waals surface area contributed by atoms with Gasteiger partial charge in [-0.25, -0.2) is 0 Å². The lowest BCUT2D eigenvalue weighted by Gasteiger charge is -2.28. The first-order chi connectivity index (χ1) is 6.92. The third-order valence-electron chi connectivity index (χ3n) is 2.73. The molecular formula is C9H16N4O. The molecule has 2 atom stereocenters. The number of aromatic nitrogens is 3. The molecule has 0 bridgehead atoms. The van der Waals surface area contributed by atoms with Crippen molar-refractivity contribution in [1.82, 2.24) is 20.7 Å². The first-order valence-corrected chi connectivity index (χ1v) is 5.02. The van der Waals surface area contributed by atoms with Gasteiger partial charge in [-0.05, 0) is 19.9 Å². The maximum Gasteiger partial charge on any atom is 0.0997 e. The van der Waals surface area contributed by atoms with Gasteiger partial charge >= 0.3 is 0 Å². The fourth-order valence-corrected chi connectivity index (χ4v) is 2.01. The molecule has 5 heteroatoms. The molecule has 1 aliphatic rings. The summed E-state index contributed by atoms with van der Waals surface area (Å²) in [5, 5.41) is 13.9. The van der Waals surface area contributed by atoms with E-state index in [9.17, 15) is 0 Å². The summed E-state index contributed by atoms with van der Waals surface area (Å²) in [6.07, 6.45) is 4.11. The van der Waals surface area contributed by atoms with Gasteiger partial charge in [0.1, 0.15) is 0 Å². The maximum absolute atomic E-state index is 5.46. The van der Waals surface area contributed by atoms with Crippen LogP contribution in [0.15, 0.2) is 6.20 Å². The van der Waals surface area contributed by atoms with E-state index in [-0.39, 0.29) is 6.04 Å². The monoisotopic (exact) mass is 196 g/mol. The molecule has 2 unspecified atom stereocenters. The van der Waals surface area contributed by atoms with E-state index in [1.165, 1.54) is 6.42 Å².